The summed E-state index contributed by atoms with van der Waals surface area (Å²) >= 11 is 0. The average Bonchev–Trinajstić information content (AvgIpc) is 2.94. The molecule has 0 spiro atoms. The summed E-state index contributed by atoms with van der Waals surface area (Å²) in [5, 5.41) is 0.319. The molecule has 0 bridgehead atoms. The maximum absolute atomic E-state index is 10.8. The van der Waals surface area contributed by atoms with Gasteiger partial charge in [-0.25, -0.2) is 0 Å². The first-order valence-electron chi connectivity index (χ1n) is 4.63. The Labute approximate surface area is 121 Å². The molecule has 0 amide bonds. The van der Waals surface area contributed by atoms with Gasteiger partial charge >= 0.3 is 0 Å². The van der Waals surface area contributed by atoms with Crippen LogP contribution in [0.3, 0.4) is 0 Å². The molecular formula is C8H6O8S4. The monoisotopic (exact) mass is 358 g/mol. The SMILES string of the molecule is O=S(=O)(O)c1coc(SSc2cc(S(=O)(=O)O)co2)c1. The van der Waals surface area contributed by atoms with Crippen LogP contribution in [-0.2, 0) is 20.2 Å². The minimum absolute atomic E-state index is 0.160. The van der Waals surface area contributed by atoms with E-state index in [1.54, 1.807) is 0 Å². The summed E-state index contributed by atoms with van der Waals surface area (Å²) in [7, 11) is -6.79. The van der Waals surface area contributed by atoms with Crippen LogP contribution in [0.1, 0.15) is 0 Å². The van der Waals surface area contributed by atoms with E-state index in [-0.39, 0.29) is 10.2 Å². The molecule has 0 fully saturated rings. The van der Waals surface area contributed by atoms with Crippen molar-refractivity contribution in [2.75, 3.05) is 0 Å². The number of furan rings is 2. The van der Waals surface area contributed by atoms with E-state index in [2.05, 4.69) is 0 Å². The molecule has 20 heavy (non-hydrogen) atoms. The summed E-state index contributed by atoms with van der Waals surface area (Å²) in [6.45, 7) is 0. The van der Waals surface area contributed by atoms with Gasteiger partial charge < -0.3 is 8.83 Å². The molecule has 2 heterocycles. The van der Waals surface area contributed by atoms with Crippen molar-refractivity contribution in [1.82, 2.24) is 0 Å². The van der Waals surface area contributed by atoms with Crippen molar-refractivity contribution in [3.63, 3.8) is 0 Å². The molecule has 2 N–H and O–H groups in total. The first-order valence-corrected chi connectivity index (χ1v) is 9.66. The molecule has 0 unspecified atom stereocenters. The maximum atomic E-state index is 10.8. The largest absolute Gasteiger partial charge is 0.456 e. The zero-order valence-corrected chi connectivity index (χ0v) is 12.6. The molecule has 0 saturated carbocycles. The van der Waals surface area contributed by atoms with Crippen LogP contribution >= 0.6 is 21.6 Å². The first kappa shape index (κ1) is 15.5. The van der Waals surface area contributed by atoms with Crippen molar-refractivity contribution >= 4 is 41.8 Å². The molecule has 2 rings (SSSR count). The fraction of sp³-hybridized carbons (Fsp3) is 0. The quantitative estimate of drug-likeness (QED) is 0.604. The third-order valence-corrected chi connectivity index (χ3v) is 5.60. The highest BCUT2D eigenvalue weighted by Gasteiger charge is 2.17. The lowest BCUT2D eigenvalue weighted by atomic mass is 10.7. The van der Waals surface area contributed by atoms with Crippen molar-refractivity contribution in [1.29, 1.82) is 0 Å². The van der Waals surface area contributed by atoms with E-state index in [9.17, 15) is 16.8 Å². The topological polar surface area (TPSA) is 135 Å². The zero-order chi connectivity index (χ0) is 15.0. The maximum Gasteiger partial charge on any atom is 0.297 e. The van der Waals surface area contributed by atoms with Crippen molar-refractivity contribution in [3.05, 3.63) is 24.7 Å². The third kappa shape index (κ3) is 3.80. The van der Waals surface area contributed by atoms with Crippen molar-refractivity contribution in [2.45, 2.75) is 20.0 Å². The van der Waals surface area contributed by atoms with Crippen molar-refractivity contribution in [3.8, 4) is 0 Å². The van der Waals surface area contributed by atoms with E-state index in [1.807, 2.05) is 0 Å². The average molecular weight is 358 g/mol. The highest BCUT2D eigenvalue weighted by molar-refractivity contribution is 8.76. The van der Waals surface area contributed by atoms with E-state index >= 15 is 0 Å². The lowest BCUT2D eigenvalue weighted by Gasteiger charge is -1.91. The first-order chi connectivity index (χ1) is 9.16. The zero-order valence-electron chi connectivity index (χ0n) is 9.29. The molecule has 2 aromatic heterocycles. The standard InChI is InChI=1S/C8H6O8S4/c9-19(10,11)5-1-7(15-3-5)17-18-8-2-6(4-16-8)20(12,13)14/h1-4H,(H,9,10,11)(H,12,13,14). The van der Waals surface area contributed by atoms with Gasteiger partial charge in [-0.15, -0.1) is 0 Å². The second-order valence-corrected chi connectivity index (χ2v) is 8.30. The van der Waals surface area contributed by atoms with E-state index in [0.717, 1.165) is 46.2 Å². The Kier molecular flexibility index (Phi) is 4.22. The van der Waals surface area contributed by atoms with Crippen LogP contribution in [0.4, 0.5) is 0 Å². The van der Waals surface area contributed by atoms with Gasteiger partial charge in [-0.2, -0.15) is 16.8 Å². The van der Waals surface area contributed by atoms with Crippen molar-refractivity contribution in [2.24, 2.45) is 0 Å². The molecule has 0 aromatic carbocycles. The van der Waals surface area contributed by atoms with Gasteiger partial charge in [-0.3, -0.25) is 9.11 Å². The lowest BCUT2D eigenvalue weighted by Crippen LogP contribution is -1.94. The Balaban J connectivity index is 2.06. The molecule has 0 aliphatic heterocycles. The minimum atomic E-state index is -4.33. The van der Waals surface area contributed by atoms with Crippen LogP contribution in [0.5, 0.6) is 0 Å². The summed E-state index contributed by atoms with van der Waals surface area (Å²) in [5.74, 6) is 0. The summed E-state index contributed by atoms with van der Waals surface area (Å²) < 4.78 is 70.5. The fourth-order valence-electron chi connectivity index (χ4n) is 1.04. The summed E-state index contributed by atoms with van der Waals surface area (Å²) in [5.41, 5.74) is 0. The fourth-order valence-corrected chi connectivity index (χ4v) is 3.75. The Hall–Kier alpha value is -0.920. The van der Waals surface area contributed by atoms with Crippen LogP contribution in [-0.4, -0.2) is 25.9 Å². The molecule has 8 nitrogen and oxygen atoms in total. The third-order valence-electron chi connectivity index (χ3n) is 1.90. The Morgan fingerprint density at radius 1 is 0.800 bits per heavy atom. The van der Waals surface area contributed by atoms with Gasteiger partial charge in [0.2, 0.25) is 0 Å². The van der Waals surface area contributed by atoms with E-state index in [0.29, 0.717) is 0 Å². The molecule has 0 radical (unpaired) electrons. The van der Waals surface area contributed by atoms with Crippen LogP contribution in [0, 0.1) is 0 Å². The molecule has 110 valence electrons. The van der Waals surface area contributed by atoms with Gasteiger partial charge in [0, 0.05) is 12.1 Å². The molecule has 2 aromatic rings. The molecule has 0 aliphatic carbocycles. The Morgan fingerprint density at radius 2 is 1.15 bits per heavy atom. The molecule has 0 atom stereocenters. The number of hydrogen-bond acceptors (Lipinski definition) is 8. The predicted molar refractivity (Wildman–Crippen MR) is 68.8 cm³/mol. The number of rotatable bonds is 5. The van der Waals surface area contributed by atoms with Gasteiger partial charge in [0.15, 0.2) is 10.2 Å². The smallest absolute Gasteiger partial charge is 0.297 e. The van der Waals surface area contributed by atoms with E-state index in [1.165, 1.54) is 0 Å². The molecule has 12 heteroatoms. The van der Waals surface area contributed by atoms with Crippen LogP contribution in [0.15, 0.2) is 53.5 Å². The second kappa shape index (κ2) is 5.46. The number of hydrogen-bond donors (Lipinski definition) is 2. The van der Waals surface area contributed by atoms with Gasteiger partial charge in [0.1, 0.15) is 22.3 Å². The van der Waals surface area contributed by atoms with Gasteiger partial charge in [0.25, 0.3) is 20.2 Å². The Morgan fingerprint density at radius 3 is 1.40 bits per heavy atom. The van der Waals surface area contributed by atoms with Crippen molar-refractivity contribution < 1.29 is 34.8 Å². The van der Waals surface area contributed by atoms with E-state index < -0.39 is 30.0 Å². The van der Waals surface area contributed by atoms with Crippen LogP contribution < -0.4 is 0 Å². The molecular weight excluding hydrogens is 352 g/mol. The lowest BCUT2D eigenvalue weighted by molar-refractivity contribution is 0.461. The minimum Gasteiger partial charge on any atom is -0.456 e. The predicted octanol–water partition coefficient (Wildman–Crippen LogP) is 2.17. The highest BCUT2D eigenvalue weighted by Crippen LogP contribution is 2.39. The highest BCUT2D eigenvalue weighted by atomic mass is 33.1. The summed E-state index contributed by atoms with van der Waals surface area (Å²) in [6, 6.07) is 2.19. The normalized spacial score (nSPS) is 12.7. The molecule has 0 aliphatic rings. The van der Waals surface area contributed by atoms with Gasteiger partial charge in [-0.1, -0.05) is 0 Å². The summed E-state index contributed by atoms with van der Waals surface area (Å²) in [6.07, 6.45) is 1.73. The molecule has 0 saturated heterocycles. The van der Waals surface area contributed by atoms with Gasteiger partial charge in [0.05, 0.1) is 0 Å². The van der Waals surface area contributed by atoms with Crippen LogP contribution in [0.25, 0.3) is 0 Å². The Bertz CT molecular complexity index is 742. The van der Waals surface area contributed by atoms with Crippen LogP contribution in [0.2, 0.25) is 0 Å². The van der Waals surface area contributed by atoms with Gasteiger partial charge in [-0.05, 0) is 21.6 Å². The summed E-state index contributed by atoms with van der Waals surface area (Å²) in [4.78, 5) is -0.780. The second-order valence-electron chi connectivity index (χ2n) is 3.32. The van der Waals surface area contributed by atoms with E-state index in [4.69, 9.17) is 17.9 Å².